The minimum absolute atomic E-state index is 0.0569. The number of amides is 2. The third-order valence-corrected chi connectivity index (χ3v) is 8.60. The van der Waals surface area contributed by atoms with Gasteiger partial charge in [-0.15, -0.1) is 29.7 Å². The van der Waals surface area contributed by atoms with Gasteiger partial charge in [-0.25, -0.2) is 4.79 Å². The van der Waals surface area contributed by atoms with Crippen LogP contribution in [0.4, 0.5) is 5.00 Å². The average molecular weight is 536 g/mol. The second-order valence-corrected chi connectivity index (χ2v) is 11.0. The summed E-state index contributed by atoms with van der Waals surface area (Å²) in [5.74, 6) is -0.922. The smallest absolute Gasteiger partial charge is 0.341 e. The van der Waals surface area contributed by atoms with Gasteiger partial charge >= 0.3 is 5.97 Å². The number of nitrogens with one attached hydrogen (secondary N) is 1. The largest absolute Gasteiger partial charge is 0.465 e. The van der Waals surface area contributed by atoms with Crippen LogP contribution < -0.4 is 10.1 Å². The van der Waals surface area contributed by atoms with E-state index >= 15 is 0 Å². The summed E-state index contributed by atoms with van der Waals surface area (Å²) in [4.78, 5) is 43.1. The number of carbonyl (C=O) groups is 3. The molecule has 2 aromatic heterocycles. The number of allylic oxidation sites excluding steroid dienone is 1. The summed E-state index contributed by atoms with van der Waals surface area (Å²) in [5, 5.41) is 3.95. The summed E-state index contributed by atoms with van der Waals surface area (Å²) in [6.45, 7) is 4.29. The molecule has 0 atom stereocenters. The van der Waals surface area contributed by atoms with Gasteiger partial charge in [-0.2, -0.15) is 4.99 Å². The number of halogens is 1. The normalized spacial score (nSPS) is 13.2. The Kier molecular flexibility index (Phi) is 7.92. The van der Waals surface area contributed by atoms with Gasteiger partial charge in [0.15, 0.2) is 4.80 Å². The zero-order valence-electron chi connectivity index (χ0n) is 18.4. The number of carbonyl (C=O) groups excluding carboxylic acids is 3. The van der Waals surface area contributed by atoms with Crippen LogP contribution in [0, 0.1) is 0 Å². The Labute approximate surface area is 213 Å². The lowest BCUT2D eigenvalue weighted by molar-refractivity contribution is -0.115. The van der Waals surface area contributed by atoms with Crippen LogP contribution in [0.2, 0.25) is 5.02 Å². The fraction of sp³-hybridized carbons (Fsp3) is 0.304. The van der Waals surface area contributed by atoms with E-state index in [4.69, 9.17) is 16.3 Å². The summed E-state index contributed by atoms with van der Waals surface area (Å²) >= 11 is 10.1. The zero-order valence-corrected chi connectivity index (χ0v) is 21.6. The van der Waals surface area contributed by atoms with Crippen molar-refractivity contribution in [2.45, 2.75) is 25.8 Å². The first-order valence-electron chi connectivity index (χ1n) is 10.5. The highest BCUT2D eigenvalue weighted by Gasteiger charge is 2.28. The Bertz CT molecular complexity index is 1360. The van der Waals surface area contributed by atoms with Crippen LogP contribution >= 0.6 is 46.0 Å². The predicted octanol–water partition coefficient (Wildman–Crippen LogP) is 4.68. The molecule has 2 heterocycles. The highest BCUT2D eigenvalue weighted by molar-refractivity contribution is 8.00. The molecule has 0 bridgehead atoms. The molecule has 0 radical (unpaired) electrons. The Hall–Kier alpha value is -2.40. The van der Waals surface area contributed by atoms with E-state index in [0.717, 1.165) is 39.9 Å². The molecule has 1 aromatic carbocycles. The van der Waals surface area contributed by atoms with Crippen molar-refractivity contribution >= 4 is 79.0 Å². The number of anilines is 1. The molecule has 1 N–H and O–H groups in total. The fourth-order valence-corrected chi connectivity index (χ4v) is 7.01. The van der Waals surface area contributed by atoms with Gasteiger partial charge in [0.25, 0.3) is 5.91 Å². The molecule has 178 valence electrons. The first kappa shape index (κ1) is 24.7. The number of rotatable bonds is 8. The van der Waals surface area contributed by atoms with Crippen molar-refractivity contribution in [3.05, 3.63) is 56.7 Å². The van der Waals surface area contributed by atoms with Gasteiger partial charge in [0.1, 0.15) is 5.00 Å². The number of fused-ring (bicyclic) bond motifs is 2. The fourth-order valence-electron chi connectivity index (χ4n) is 3.78. The van der Waals surface area contributed by atoms with E-state index in [-0.39, 0.29) is 23.3 Å². The number of methoxy groups -OCH3 is 1. The molecule has 34 heavy (non-hydrogen) atoms. The number of hydrogen-bond donors (Lipinski definition) is 1. The minimum Gasteiger partial charge on any atom is -0.465 e. The van der Waals surface area contributed by atoms with Crippen molar-refractivity contribution in [1.82, 2.24) is 4.57 Å². The van der Waals surface area contributed by atoms with E-state index < -0.39 is 5.97 Å². The second-order valence-electron chi connectivity index (χ2n) is 7.50. The van der Waals surface area contributed by atoms with E-state index in [2.05, 4.69) is 16.9 Å². The Morgan fingerprint density at radius 1 is 1.29 bits per heavy atom. The standard InChI is InChI=1S/C23H22ClN3O4S3/c1-3-9-27-15-8-7-13(24)10-17(15)34-23(27)26-19(29)12-32-11-18(28)25-21-20(22(30)31-2)14-5-4-6-16(14)33-21/h3,7-8,10H,1,4-6,9,11-12H2,2H3,(H,25,28). The Morgan fingerprint density at radius 3 is 2.88 bits per heavy atom. The summed E-state index contributed by atoms with van der Waals surface area (Å²) in [6, 6.07) is 5.53. The monoisotopic (exact) mass is 535 g/mol. The Morgan fingerprint density at radius 2 is 2.12 bits per heavy atom. The SMILES string of the molecule is C=CCn1c(=NC(=O)CSCC(=O)Nc2sc3c(c2C(=O)OC)CCC3)sc2cc(Cl)ccc21. The molecular weight excluding hydrogens is 514 g/mol. The molecule has 4 rings (SSSR count). The van der Waals surface area contributed by atoms with Crippen LogP contribution in [0.5, 0.6) is 0 Å². The molecule has 0 aliphatic heterocycles. The molecule has 11 heteroatoms. The number of thiophene rings is 1. The molecule has 0 spiro atoms. The maximum atomic E-state index is 12.5. The average Bonchev–Trinajstić information content (AvgIpc) is 3.46. The summed E-state index contributed by atoms with van der Waals surface area (Å²) in [7, 11) is 1.34. The molecular formula is C23H22ClN3O4S3. The van der Waals surface area contributed by atoms with Crippen LogP contribution in [-0.4, -0.2) is 41.0 Å². The summed E-state index contributed by atoms with van der Waals surface area (Å²) in [6.07, 6.45) is 4.46. The van der Waals surface area contributed by atoms with E-state index in [1.165, 1.54) is 41.5 Å². The van der Waals surface area contributed by atoms with E-state index in [0.29, 0.717) is 26.9 Å². The van der Waals surface area contributed by atoms with Gasteiger partial charge in [-0.3, -0.25) is 9.59 Å². The van der Waals surface area contributed by atoms with Gasteiger partial charge < -0.3 is 14.6 Å². The molecule has 7 nitrogen and oxygen atoms in total. The zero-order chi connectivity index (χ0) is 24.2. The molecule has 0 saturated heterocycles. The van der Waals surface area contributed by atoms with Gasteiger partial charge in [-0.05, 0) is 43.0 Å². The minimum atomic E-state index is -0.436. The van der Waals surface area contributed by atoms with Gasteiger partial charge in [0.05, 0.1) is 34.4 Å². The highest BCUT2D eigenvalue weighted by Crippen LogP contribution is 2.39. The van der Waals surface area contributed by atoms with Crippen LogP contribution in [0.15, 0.2) is 35.8 Å². The second kappa shape index (κ2) is 10.9. The van der Waals surface area contributed by atoms with Gasteiger partial charge in [0.2, 0.25) is 5.91 Å². The molecule has 0 fully saturated rings. The number of aromatic nitrogens is 1. The quantitative estimate of drug-likeness (QED) is 0.334. The third-order valence-electron chi connectivity index (χ3n) is 5.20. The molecule has 0 unspecified atom stereocenters. The molecule has 1 aliphatic carbocycles. The number of benzene rings is 1. The van der Waals surface area contributed by atoms with Crippen molar-refractivity contribution in [2.24, 2.45) is 4.99 Å². The predicted molar refractivity (Wildman–Crippen MR) is 139 cm³/mol. The number of hydrogen-bond acceptors (Lipinski definition) is 7. The lowest BCUT2D eigenvalue weighted by Gasteiger charge is -2.06. The molecule has 0 saturated carbocycles. The summed E-state index contributed by atoms with van der Waals surface area (Å²) in [5.41, 5.74) is 2.37. The van der Waals surface area contributed by atoms with Crippen molar-refractivity contribution in [1.29, 1.82) is 0 Å². The van der Waals surface area contributed by atoms with Crippen molar-refractivity contribution in [2.75, 3.05) is 23.9 Å². The van der Waals surface area contributed by atoms with Crippen molar-refractivity contribution in [3.63, 3.8) is 0 Å². The highest BCUT2D eigenvalue weighted by atomic mass is 35.5. The topological polar surface area (TPSA) is 89.8 Å². The van der Waals surface area contributed by atoms with Gasteiger partial charge in [0, 0.05) is 16.4 Å². The first-order chi connectivity index (χ1) is 16.4. The van der Waals surface area contributed by atoms with Gasteiger partial charge in [-0.1, -0.05) is 29.0 Å². The van der Waals surface area contributed by atoms with E-state index in [9.17, 15) is 14.4 Å². The molecule has 3 aromatic rings. The maximum Gasteiger partial charge on any atom is 0.341 e. The Balaban J connectivity index is 1.40. The maximum absolute atomic E-state index is 12.5. The number of ether oxygens (including phenoxy) is 1. The lowest BCUT2D eigenvalue weighted by atomic mass is 10.1. The van der Waals surface area contributed by atoms with E-state index in [1.807, 2.05) is 16.7 Å². The lowest BCUT2D eigenvalue weighted by Crippen LogP contribution is -2.19. The first-order valence-corrected chi connectivity index (χ1v) is 13.7. The number of nitrogens with zero attached hydrogens (tertiary/aromatic N) is 2. The number of aryl methyl sites for hydroxylation is 1. The van der Waals surface area contributed by atoms with Crippen LogP contribution in [0.1, 0.15) is 27.2 Å². The number of thioether (sulfide) groups is 1. The van der Waals surface area contributed by atoms with Crippen molar-refractivity contribution in [3.8, 4) is 0 Å². The summed E-state index contributed by atoms with van der Waals surface area (Å²) < 4.78 is 7.74. The van der Waals surface area contributed by atoms with Crippen LogP contribution in [0.25, 0.3) is 10.2 Å². The van der Waals surface area contributed by atoms with Crippen LogP contribution in [0.3, 0.4) is 0 Å². The van der Waals surface area contributed by atoms with Crippen molar-refractivity contribution < 1.29 is 19.1 Å². The van der Waals surface area contributed by atoms with E-state index in [1.54, 1.807) is 12.1 Å². The number of esters is 1. The van der Waals surface area contributed by atoms with Crippen LogP contribution in [-0.2, 0) is 33.7 Å². The third kappa shape index (κ3) is 5.30. The number of thiazole rings is 1. The molecule has 2 amide bonds. The molecule has 1 aliphatic rings.